The molecule has 1 fully saturated rings. The van der Waals surface area contributed by atoms with E-state index in [4.69, 9.17) is 16.3 Å². The lowest BCUT2D eigenvalue weighted by atomic mass is 10.1. The number of hydrogen-bond acceptors (Lipinski definition) is 5. The molecule has 0 aromatic heterocycles. The van der Waals surface area contributed by atoms with Gasteiger partial charge in [0.2, 0.25) is 0 Å². The molecule has 1 aliphatic rings. The largest absolute Gasteiger partial charge is 0.493 e. The van der Waals surface area contributed by atoms with Gasteiger partial charge in [0.1, 0.15) is 5.75 Å². The Labute approximate surface area is 237 Å². The third-order valence-electron chi connectivity index (χ3n) is 6.22. The number of hydrogen-bond donors (Lipinski definition) is 0. The van der Waals surface area contributed by atoms with Crippen LogP contribution in [0.5, 0.6) is 5.75 Å². The molecule has 6 nitrogen and oxygen atoms in total. The molecule has 0 N–H and O–H groups in total. The van der Waals surface area contributed by atoms with Gasteiger partial charge < -0.3 is 9.64 Å². The van der Waals surface area contributed by atoms with E-state index in [9.17, 15) is 10.1 Å². The Morgan fingerprint density at radius 2 is 1.70 bits per heavy atom. The van der Waals surface area contributed by atoms with E-state index in [-0.39, 0.29) is 23.0 Å². The highest BCUT2D eigenvalue weighted by Gasteiger charge is 2.17. The summed E-state index contributed by atoms with van der Waals surface area (Å²) in [4.78, 5) is 15.8. The van der Waals surface area contributed by atoms with Crippen LogP contribution in [0.4, 0.5) is 11.4 Å². The van der Waals surface area contributed by atoms with E-state index in [2.05, 4.69) is 31.8 Å². The molecule has 0 spiro atoms. The van der Waals surface area contributed by atoms with Crippen molar-refractivity contribution in [3.63, 3.8) is 0 Å². The highest BCUT2D eigenvalue weighted by molar-refractivity contribution is 9.10. The summed E-state index contributed by atoms with van der Waals surface area (Å²) in [6.45, 7) is 5.64. The highest BCUT2D eigenvalue weighted by Crippen LogP contribution is 2.28. The molecule has 37 heavy (non-hydrogen) atoms. The molecule has 9 heteroatoms. The van der Waals surface area contributed by atoms with Gasteiger partial charge in [0.15, 0.2) is 0 Å². The van der Waals surface area contributed by atoms with Gasteiger partial charge in [-0.3, -0.25) is 15.0 Å². The Kier molecular flexibility index (Phi) is 11.3. The Bertz CT molecular complexity index is 1220. The monoisotopic (exact) mass is 605 g/mol. The lowest BCUT2D eigenvalue weighted by Gasteiger charge is -2.36. The lowest BCUT2D eigenvalue weighted by molar-refractivity contribution is -0.384. The number of anilines is 1. The van der Waals surface area contributed by atoms with Gasteiger partial charge in [0, 0.05) is 59.1 Å². The van der Waals surface area contributed by atoms with Crippen LogP contribution in [0.3, 0.4) is 0 Å². The first-order valence-corrected chi connectivity index (χ1v) is 13.2. The van der Waals surface area contributed by atoms with Crippen molar-refractivity contribution < 1.29 is 9.66 Å². The number of nitro groups is 1. The third-order valence-corrected chi connectivity index (χ3v) is 7.18. The van der Waals surface area contributed by atoms with Gasteiger partial charge in [-0.05, 0) is 55.3 Å². The van der Waals surface area contributed by atoms with E-state index >= 15 is 0 Å². The molecule has 3 aromatic carbocycles. The molecular weight excluding hydrogens is 577 g/mol. The quantitative estimate of drug-likeness (QED) is 0.103. The van der Waals surface area contributed by atoms with E-state index in [0.717, 1.165) is 60.6 Å². The first-order valence-electron chi connectivity index (χ1n) is 12.1. The molecule has 0 radical (unpaired) electrons. The van der Waals surface area contributed by atoms with Crippen LogP contribution < -0.4 is 9.64 Å². The Hall–Kier alpha value is -2.58. The Balaban J connectivity index is 0.00000380. The Morgan fingerprint density at radius 3 is 2.43 bits per heavy atom. The third kappa shape index (κ3) is 8.47. The lowest BCUT2D eigenvalue weighted by Crippen LogP contribution is -2.46. The fraction of sp³-hybridized carbons (Fsp3) is 0.286. The highest BCUT2D eigenvalue weighted by atomic mass is 79.9. The number of unbranched alkanes of at least 4 members (excludes halogenated alkanes) is 1. The first-order chi connectivity index (χ1) is 17.5. The maximum atomic E-state index is 11.3. The molecule has 0 atom stereocenters. The van der Waals surface area contributed by atoms with Crippen molar-refractivity contribution in [3.8, 4) is 5.75 Å². The fourth-order valence-corrected chi connectivity index (χ4v) is 4.82. The maximum Gasteiger partial charge on any atom is 0.270 e. The molecule has 0 aliphatic carbocycles. The maximum absolute atomic E-state index is 11.3. The van der Waals surface area contributed by atoms with Crippen molar-refractivity contribution in [2.24, 2.45) is 0 Å². The average molecular weight is 607 g/mol. The van der Waals surface area contributed by atoms with Gasteiger partial charge in [-0.2, -0.15) is 0 Å². The SMILES string of the molecule is Cl.O=[N+]([O-])c1ccc(OCCCCN2CCN(c3cccc(Cl)c3)CC2)c(C=Cc2ccccc2Br)c1. The van der Waals surface area contributed by atoms with Crippen molar-refractivity contribution in [2.75, 3.05) is 44.2 Å². The van der Waals surface area contributed by atoms with Gasteiger partial charge in [-0.25, -0.2) is 0 Å². The van der Waals surface area contributed by atoms with Crippen molar-refractivity contribution in [1.29, 1.82) is 0 Å². The Morgan fingerprint density at radius 1 is 0.946 bits per heavy atom. The standard InChI is InChI=1S/C28H29BrClN3O3.ClH/c29-27-9-2-1-6-22(27)10-11-23-20-26(33(34)35)12-13-28(23)36-19-4-3-14-31-15-17-32(18-16-31)25-8-5-7-24(30)21-25;/h1-2,5-13,20-21H,3-4,14-19H2;1H. The van der Waals surface area contributed by atoms with Crippen LogP contribution in [0, 0.1) is 10.1 Å². The van der Waals surface area contributed by atoms with Crippen molar-refractivity contribution in [2.45, 2.75) is 12.8 Å². The number of nitrogens with zero attached hydrogens (tertiary/aromatic N) is 3. The zero-order valence-corrected chi connectivity index (χ0v) is 23.6. The first kappa shape index (κ1) is 29.0. The summed E-state index contributed by atoms with van der Waals surface area (Å²) < 4.78 is 7.00. The van der Waals surface area contributed by atoms with E-state index in [0.29, 0.717) is 17.9 Å². The van der Waals surface area contributed by atoms with Crippen LogP contribution in [0.1, 0.15) is 24.0 Å². The fourth-order valence-electron chi connectivity index (χ4n) is 4.22. The second kappa shape index (κ2) is 14.4. The van der Waals surface area contributed by atoms with Gasteiger partial charge >= 0.3 is 0 Å². The van der Waals surface area contributed by atoms with E-state index in [1.165, 1.54) is 11.8 Å². The summed E-state index contributed by atoms with van der Waals surface area (Å²) in [6.07, 6.45) is 5.74. The molecule has 1 heterocycles. The molecule has 0 bridgehead atoms. The summed E-state index contributed by atoms with van der Waals surface area (Å²) in [5, 5.41) is 12.1. The van der Waals surface area contributed by atoms with E-state index in [1.807, 2.05) is 54.6 Å². The van der Waals surface area contributed by atoms with Gasteiger partial charge in [0.25, 0.3) is 5.69 Å². The van der Waals surface area contributed by atoms with Crippen LogP contribution in [0.25, 0.3) is 12.2 Å². The minimum absolute atomic E-state index is 0. The smallest absolute Gasteiger partial charge is 0.270 e. The van der Waals surface area contributed by atoms with E-state index < -0.39 is 0 Å². The summed E-state index contributed by atoms with van der Waals surface area (Å²) >= 11 is 9.67. The zero-order valence-electron chi connectivity index (χ0n) is 20.4. The second-order valence-electron chi connectivity index (χ2n) is 8.70. The van der Waals surface area contributed by atoms with Crippen molar-refractivity contribution in [1.82, 2.24) is 4.90 Å². The van der Waals surface area contributed by atoms with Gasteiger partial charge in [0.05, 0.1) is 11.5 Å². The second-order valence-corrected chi connectivity index (χ2v) is 9.99. The molecule has 0 saturated carbocycles. The zero-order chi connectivity index (χ0) is 25.3. The molecule has 0 amide bonds. The van der Waals surface area contributed by atoms with Crippen LogP contribution in [0.2, 0.25) is 5.02 Å². The number of benzene rings is 3. The van der Waals surface area contributed by atoms with Crippen molar-refractivity contribution in [3.05, 3.63) is 97.5 Å². The van der Waals surface area contributed by atoms with Gasteiger partial charge in [-0.1, -0.05) is 63.9 Å². The molecule has 0 unspecified atom stereocenters. The van der Waals surface area contributed by atoms with Crippen LogP contribution >= 0.6 is 39.9 Å². The minimum atomic E-state index is -0.383. The molecule has 1 saturated heterocycles. The number of halogens is 3. The summed E-state index contributed by atoms with van der Waals surface area (Å²) in [5.74, 6) is 0.652. The topological polar surface area (TPSA) is 58.9 Å². The van der Waals surface area contributed by atoms with Crippen LogP contribution in [-0.2, 0) is 0 Å². The molecule has 1 aliphatic heterocycles. The minimum Gasteiger partial charge on any atom is -0.493 e. The average Bonchev–Trinajstić information content (AvgIpc) is 2.88. The number of piperazine rings is 1. The van der Waals surface area contributed by atoms with Crippen molar-refractivity contribution >= 4 is 63.5 Å². The molecule has 3 aromatic rings. The van der Waals surface area contributed by atoms with Gasteiger partial charge in [-0.15, -0.1) is 12.4 Å². The summed E-state index contributed by atoms with van der Waals surface area (Å²) in [5.41, 5.74) is 2.91. The molecular formula is C28H30BrCl2N3O3. The van der Waals surface area contributed by atoms with E-state index in [1.54, 1.807) is 12.1 Å². The normalized spacial score (nSPS) is 13.9. The van der Waals surface area contributed by atoms with Crippen LogP contribution in [-0.4, -0.2) is 49.2 Å². The number of ether oxygens (including phenoxy) is 1. The molecule has 4 rings (SSSR count). The predicted molar refractivity (Wildman–Crippen MR) is 158 cm³/mol. The predicted octanol–water partition coefficient (Wildman–Crippen LogP) is 7.58. The van der Waals surface area contributed by atoms with Crippen LogP contribution in [0.15, 0.2) is 71.2 Å². The molecule has 196 valence electrons. The number of nitro benzene ring substituents is 1. The summed E-state index contributed by atoms with van der Waals surface area (Å²) in [6, 6.07) is 20.6. The number of non-ortho nitro benzene ring substituents is 1. The summed E-state index contributed by atoms with van der Waals surface area (Å²) in [7, 11) is 0. The number of rotatable bonds is 10.